The van der Waals surface area contributed by atoms with Crippen LogP contribution in [0.3, 0.4) is 0 Å². The normalized spacial score (nSPS) is 15.2. The molecule has 1 aliphatic rings. The summed E-state index contributed by atoms with van der Waals surface area (Å²) in [6.07, 6.45) is 4.94. The molecule has 9 heteroatoms. The number of aromatic hydroxyl groups is 1. The number of carboxylic acids is 1. The van der Waals surface area contributed by atoms with Crippen molar-refractivity contribution in [3.05, 3.63) is 76.7 Å². The van der Waals surface area contributed by atoms with Crippen LogP contribution in [0.4, 0.5) is 10.5 Å². The molecule has 3 rings (SSSR count). The number of imide groups is 1. The second kappa shape index (κ2) is 9.10. The lowest BCUT2D eigenvalue weighted by atomic mass is 10.2. The van der Waals surface area contributed by atoms with Crippen molar-refractivity contribution in [2.45, 2.75) is 0 Å². The molecule has 152 valence electrons. The van der Waals surface area contributed by atoms with Gasteiger partial charge in [0.15, 0.2) is 0 Å². The van der Waals surface area contributed by atoms with E-state index in [4.69, 9.17) is 5.11 Å². The highest BCUT2D eigenvalue weighted by Crippen LogP contribution is 2.30. The number of aromatic carboxylic acids is 1. The number of benzene rings is 2. The first-order chi connectivity index (χ1) is 14.3. The Morgan fingerprint density at radius 1 is 1.10 bits per heavy atom. The fraction of sp³-hybridized carbons (Fsp3) is 0.0476. The van der Waals surface area contributed by atoms with E-state index in [-0.39, 0.29) is 16.2 Å². The van der Waals surface area contributed by atoms with Gasteiger partial charge in [0.05, 0.1) is 4.91 Å². The molecule has 3 amide bonds. The number of amides is 3. The Hall–Kier alpha value is -3.85. The topological polar surface area (TPSA) is 124 Å². The average Bonchev–Trinajstić information content (AvgIpc) is 2.97. The van der Waals surface area contributed by atoms with E-state index in [1.54, 1.807) is 12.2 Å². The van der Waals surface area contributed by atoms with Crippen molar-refractivity contribution < 1.29 is 29.4 Å². The Bertz CT molecular complexity index is 1080. The number of anilines is 1. The highest BCUT2D eigenvalue weighted by atomic mass is 32.2. The van der Waals surface area contributed by atoms with Gasteiger partial charge < -0.3 is 15.5 Å². The van der Waals surface area contributed by atoms with E-state index in [1.165, 1.54) is 12.1 Å². The second-order valence-electron chi connectivity index (χ2n) is 6.15. The molecular weight excluding hydrogens is 408 g/mol. The monoisotopic (exact) mass is 424 g/mol. The molecule has 1 saturated heterocycles. The van der Waals surface area contributed by atoms with Gasteiger partial charge in [-0.25, -0.2) is 4.79 Å². The van der Waals surface area contributed by atoms with Gasteiger partial charge in [0, 0.05) is 5.69 Å². The number of nitrogens with one attached hydrogen (secondary N) is 1. The Balaban J connectivity index is 1.64. The molecule has 1 fully saturated rings. The molecule has 0 radical (unpaired) electrons. The molecular formula is C21H16N2O6S. The fourth-order valence-corrected chi connectivity index (χ4v) is 3.38. The number of carbonyl (C=O) groups is 4. The van der Waals surface area contributed by atoms with Crippen molar-refractivity contribution in [1.82, 2.24) is 4.90 Å². The molecule has 0 bridgehead atoms. The van der Waals surface area contributed by atoms with Gasteiger partial charge in [-0.1, -0.05) is 42.5 Å². The number of carboxylic acid groups (broad SMARTS) is 1. The number of allylic oxidation sites excluding steroid dienone is 2. The Morgan fingerprint density at radius 2 is 1.83 bits per heavy atom. The van der Waals surface area contributed by atoms with E-state index in [2.05, 4.69) is 5.32 Å². The minimum Gasteiger partial charge on any atom is -0.507 e. The van der Waals surface area contributed by atoms with Crippen LogP contribution in [-0.4, -0.2) is 44.7 Å². The van der Waals surface area contributed by atoms with E-state index < -0.39 is 35.3 Å². The van der Waals surface area contributed by atoms with Crippen LogP contribution in [0.5, 0.6) is 5.75 Å². The first-order valence-corrected chi connectivity index (χ1v) is 9.50. The molecule has 0 aliphatic carbocycles. The number of carbonyl (C=O) groups excluding carboxylic acids is 3. The predicted molar refractivity (Wildman–Crippen MR) is 112 cm³/mol. The van der Waals surface area contributed by atoms with Crippen molar-refractivity contribution in [2.24, 2.45) is 0 Å². The number of hydrogen-bond donors (Lipinski definition) is 3. The van der Waals surface area contributed by atoms with Crippen LogP contribution in [0.15, 0.2) is 65.6 Å². The number of rotatable bonds is 6. The molecule has 1 aliphatic heterocycles. The number of hydrogen-bond acceptors (Lipinski definition) is 6. The van der Waals surface area contributed by atoms with Crippen molar-refractivity contribution in [3.63, 3.8) is 0 Å². The third kappa shape index (κ3) is 4.95. The molecule has 8 nitrogen and oxygen atoms in total. The van der Waals surface area contributed by atoms with Crippen LogP contribution in [0.25, 0.3) is 6.08 Å². The zero-order valence-electron chi connectivity index (χ0n) is 15.4. The van der Waals surface area contributed by atoms with E-state index in [1.807, 2.05) is 30.3 Å². The zero-order chi connectivity index (χ0) is 21.7. The van der Waals surface area contributed by atoms with Crippen molar-refractivity contribution in [2.75, 3.05) is 11.9 Å². The van der Waals surface area contributed by atoms with Crippen LogP contribution in [-0.2, 0) is 9.59 Å². The first kappa shape index (κ1) is 20.9. The Kier molecular flexibility index (Phi) is 6.33. The smallest absolute Gasteiger partial charge is 0.339 e. The lowest BCUT2D eigenvalue weighted by molar-refractivity contribution is -0.127. The van der Waals surface area contributed by atoms with Crippen LogP contribution in [0.1, 0.15) is 15.9 Å². The predicted octanol–water partition coefficient (Wildman–Crippen LogP) is 3.32. The van der Waals surface area contributed by atoms with Crippen molar-refractivity contribution in [3.8, 4) is 5.75 Å². The zero-order valence-corrected chi connectivity index (χ0v) is 16.3. The highest BCUT2D eigenvalue weighted by molar-refractivity contribution is 8.18. The van der Waals surface area contributed by atoms with E-state index in [0.29, 0.717) is 0 Å². The van der Waals surface area contributed by atoms with Gasteiger partial charge in [-0.15, -0.1) is 0 Å². The van der Waals surface area contributed by atoms with Crippen LogP contribution < -0.4 is 5.32 Å². The second-order valence-corrected chi connectivity index (χ2v) is 7.14. The largest absolute Gasteiger partial charge is 0.507 e. The third-order valence-corrected chi connectivity index (χ3v) is 4.95. The molecule has 0 aromatic heterocycles. The molecule has 2 aromatic carbocycles. The van der Waals surface area contributed by atoms with Gasteiger partial charge in [-0.05, 0) is 41.6 Å². The molecule has 2 aromatic rings. The molecule has 0 atom stereocenters. The first-order valence-electron chi connectivity index (χ1n) is 8.68. The number of nitrogens with zero attached hydrogens (tertiary/aromatic N) is 1. The lowest BCUT2D eigenvalue weighted by Crippen LogP contribution is -2.36. The highest BCUT2D eigenvalue weighted by Gasteiger charge is 2.36. The van der Waals surface area contributed by atoms with E-state index in [0.717, 1.165) is 34.4 Å². The summed E-state index contributed by atoms with van der Waals surface area (Å²) in [4.78, 5) is 48.8. The van der Waals surface area contributed by atoms with Gasteiger partial charge >= 0.3 is 5.97 Å². The lowest BCUT2D eigenvalue weighted by Gasteiger charge is -2.13. The minimum atomic E-state index is -1.36. The summed E-state index contributed by atoms with van der Waals surface area (Å²) in [5, 5.41) is 20.3. The molecule has 3 N–H and O–H groups in total. The molecule has 0 spiro atoms. The summed E-state index contributed by atoms with van der Waals surface area (Å²) in [5.41, 5.74) is 0.664. The van der Waals surface area contributed by atoms with Gasteiger partial charge in [-0.2, -0.15) is 0 Å². The van der Waals surface area contributed by atoms with Crippen molar-refractivity contribution >= 4 is 46.5 Å². The van der Waals surface area contributed by atoms with Crippen LogP contribution in [0.2, 0.25) is 0 Å². The Morgan fingerprint density at radius 3 is 2.53 bits per heavy atom. The SMILES string of the molecule is O=C(CN1C(=O)SC(=CC=Cc2ccccc2)C1=O)Nc1ccc(O)c(C(=O)O)c1. The minimum absolute atomic E-state index is 0.114. The van der Waals surface area contributed by atoms with Crippen LogP contribution >= 0.6 is 11.8 Å². The van der Waals surface area contributed by atoms with Gasteiger partial charge in [-0.3, -0.25) is 19.3 Å². The maximum absolute atomic E-state index is 12.4. The van der Waals surface area contributed by atoms with E-state index >= 15 is 0 Å². The number of thioether (sulfide) groups is 1. The van der Waals surface area contributed by atoms with Crippen molar-refractivity contribution in [1.29, 1.82) is 0 Å². The average molecular weight is 424 g/mol. The van der Waals surface area contributed by atoms with Gasteiger partial charge in [0.25, 0.3) is 11.1 Å². The van der Waals surface area contributed by atoms with E-state index in [9.17, 15) is 24.3 Å². The summed E-state index contributed by atoms with van der Waals surface area (Å²) >= 11 is 0.730. The molecule has 0 unspecified atom stereocenters. The summed E-state index contributed by atoms with van der Waals surface area (Å²) in [6.45, 7) is -0.520. The third-order valence-electron chi connectivity index (χ3n) is 4.02. The Labute approximate surface area is 175 Å². The standard InChI is InChI=1S/C21H16N2O6S/c24-16-10-9-14(11-15(16)20(27)28)22-18(25)12-23-19(26)17(30-21(23)29)8-4-7-13-5-2-1-3-6-13/h1-11,24H,12H2,(H,22,25)(H,27,28). The van der Waals surface area contributed by atoms with Gasteiger partial charge in [0.1, 0.15) is 17.9 Å². The summed E-state index contributed by atoms with van der Waals surface area (Å²) in [6, 6.07) is 12.9. The summed E-state index contributed by atoms with van der Waals surface area (Å²) < 4.78 is 0. The maximum Gasteiger partial charge on any atom is 0.339 e. The fourth-order valence-electron chi connectivity index (χ4n) is 2.59. The quantitative estimate of drug-likeness (QED) is 0.480. The maximum atomic E-state index is 12.4. The molecule has 0 saturated carbocycles. The van der Waals surface area contributed by atoms with Gasteiger partial charge in [0.2, 0.25) is 5.91 Å². The summed E-state index contributed by atoms with van der Waals surface area (Å²) in [7, 11) is 0. The molecule has 30 heavy (non-hydrogen) atoms. The van der Waals surface area contributed by atoms with Crippen LogP contribution in [0, 0.1) is 0 Å². The molecule has 1 heterocycles. The summed E-state index contributed by atoms with van der Waals surface area (Å²) in [5.74, 6) is -3.07. The number of phenols is 1.